The van der Waals surface area contributed by atoms with Crippen LogP contribution in [0.5, 0.6) is 0 Å². The molecule has 0 aliphatic rings. The molecule has 0 amide bonds. The molecule has 0 atom stereocenters. The summed E-state index contributed by atoms with van der Waals surface area (Å²) < 4.78 is 10.4. The van der Waals surface area contributed by atoms with E-state index in [9.17, 15) is 0 Å². The number of hydrogen-bond acceptors (Lipinski definition) is 4. The predicted octanol–water partition coefficient (Wildman–Crippen LogP) is 2.94. The second-order valence-electron chi connectivity index (χ2n) is 3.03. The van der Waals surface area contributed by atoms with Crippen molar-refractivity contribution in [3.8, 4) is 11.5 Å². The van der Waals surface area contributed by atoms with Gasteiger partial charge in [-0.25, -0.2) is 0 Å². The molecule has 0 fully saturated rings. The summed E-state index contributed by atoms with van der Waals surface area (Å²) in [5.74, 6) is 0.800. The van der Waals surface area contributed by atoms with E-state index < -0.39 is 0 Å². The van der Waals surface area contributed by atoms with Crippen molar-refractivity contribution in [3.63, 3.8) is 0 Å². The summed E-state index contributed by atoms with van der Waals surface area (Å²) in [5, 5.41) is 8.39. The highest BCUT2D eigenvalue weighted by molar-refractivity contribution is 6.30. The highest BCUT2D eigenvalue weighted by Gasteiger charge is 2.08. The Morgan fingerprint density at radius 3 is 2.75 bits per heavy atom. The van der Waals surface area contributed by atoms with Gasteiger partial charge in [-0.05, 0) is 31.2 Å². The minimum atomic E-state index is 0.354. The van der Waals surface area contributed by atoms with Gasteiger partial charge in [-0.3, -0.25) is 0 Å². The molecule has 2 rings (SSSR count). The molecule has 0 spiro atoms. The molecule has 1 heterocycles. The molecule has 83 valence electrons. The van der Waals surface area contributed by atoms with Crippen molar-refractivity contribution in [1.29, 1.82) is 0 Å². The average molecular weight is 238 g/mol. The van der Waals surface area contributed by atoms with Gasteiger partial charge in [0.15, 0.2) is 6.61 Å². The second-order valence-corrected chi connectivity index (χ2v) is 3.46. The van der Waals surface area contributed by atoms with Crippen molar-refractivity contribution < 1.29 is 9.15 Å². The zero-order valence-electron chi connectivity index (χ0n) is 8.68. The van der Waals surface area contributed by atoms with E-state index in [1.807, 2.05) is 19.1 Å². The van der Waals surface area contributed by atoms with E-state index in [2.05, 4.69) is 10.2 Å². The highest BCUT2D eigenvalue weighted by atomic mass is 35.5. The van der Waals surface area contributed by atoms with Crippen molar-refractivity contribution in [1.82, 2.24) is 10.2 Å². The summed E-state index contributed by atoms with van der Waals surface area (Å²) in [6.45, 7) is 3.89. The first-order valence-corrected chi connectivity index (χ1v) is 5.21. The lowest BCUT2D eigenvalue weighted by Crippen LogP contribution is -1.88. The Morgan fingerprint density at radius 1 is 1.31 bits per heavy atom. The lowest BCUT2D eigenvalue weighted by atomic mass is 10.2. The Morgan fingerprint density at radius 2 is 2.06 bits per heavy atom. The van der Waals surface area contributed by atoms with Crippen molar-refractivity contribution in [2.24, 2.45) is 0 Å². The third-order valence-corrected chi connectivity index (χ3v) is 2.13. The van der Waals surface area contributed by atoms with Crippen molar-refractivity contribution in [2.75, 3.05) is 6.61 Å². The van der Waals surface area contributed by atoms with Crippen LogP contribution in [0.15, 0.2) is 28.7 Å². The lowest BCUT2D eigenvalue weighted by molar-refractivity contribution is 0.213. The van der Waals surface area contributed by atoms with E-state index in [1.165, 1.54) is 6.61 Å². The van der Waals surface area contributed by atoms with E-state index in [0.29, 0.717) is 23.4 Å². The number of ether oxygens (including phenoxy) is 1. The molecule has 5 heteroatoms. The molecule has 0 bridgehead atoms. The number of aromatic nitrogens is 2. The van der Waals surface area contributed by atoms with Crippen LogP contribution in [0.3, 0.4) is 0 Å². The Hall–Kier alpha value is -1.39. The fourth-order valence-corrected chi connectivity index (χ4v) is 1.27. The van der Waals surface area contributed by atoms with Crippen LogP contribution in [-0.2, 0) is 4.74 Å². The predicted molar refractivity (Wildman–Crippen MR) is 59.8 cm³/mol. The van der Waals surface area contributed by atoms with Crippen LogP contribution in [0.2, 0.25) is 5.02 Å². The van der Waals surface area contributed by atoms with Gasteiger partial charge in [0.1, 0.15) is 0 Å². The zero-order valence-corrected chi connectivity index (χ0v) is 9.44. The third kappa shape index (κ3) is 2.59. The molecular formula is C11H10ClN2O2. The molecule has 0 unspecified atom stereocenters. The Balaban J connectivity index is 2.15. The van der Waals surface area contributed by atoms with Gasteiger partial charge in [-0.1, -0.05) is 11.6 Å². The summed E-state index contributed by atoms with van der Waals surface area (Å²) in [4.78, 5) is 0. The number of benzene rings is 1. The van der Waals surface area contributed by atoms with Crippen LogP contribution in [0.25, 0.3) is 11.5 Å². The molecule has 1 aromatic carbocycles. The molecule has 1 radical (unpaired) electrons. The van der Waals surface area contributed by atoms with Crippen LogP contribution in [0.4, 0.5) is 0 Å². The van der Waals surface area contributed by atoms with Gasteiger partial charge in [0.25, 0.3) is 0 Å². The van der Waals surface area contributed by atoms with Gasteiger partial charge in [0, 0.05) is 17.2 Å². The normalized spacial score (nSPS) is 10.6. The summed E-state index contributed by atoms with van der Waals surface area (Å²) in [5.41, 5.74) is 0.827. The van der Waals surface area contributed by atoms with Crippen molar-refractivity contribution in [2.45, 2.75) is 6.92 Å². The molecule has 4 nitrogen and oxygen atoms in total. The molecule has 2 aromatic rings. The quantitative estimate of drug-likeness (QED) is 0.820. The fraction of sp³-hybridized carbons (Fsp3) is 0.182. The molecule has 0 aliphatic carbocycles. The van der Waals surface area contributed by atoms with E-state index in [-0.39, 0.29) is 0 Å². The summed E-state index contributed by atoms with van der Waals surface area (Å²) in [6.07, 6.45) is 0. The Bertz CT molecular complexity index is 453. The van der Waals surface area contributed by atoms with E-state index in [1.54, 1.807) is 12.1 Å². The second kappa shape index (κ2) is 5.09. The van der Waals surface area contributed by atoms with E-state index >= 15 is 0 Å². The standard InChI is InChI=1S/C11H10ClN2O2/c1-2-15-7-10-13-14-11(16-10)8-3-5-9(12)6-4-8/h3-7H,2H2,1H3. The van der Waals surface area contributed by atoms with Crippen LogP contribution < -0.4 is 0 Å². The number of halogens is 1. The first kappa shape index (κ1) is 11.1. The van der Waals surface area contributed by atoms with Gasteiger partial charge < -0.3 is 9.15 Å². The number of hydrogen-bond donors (Lipinski definition) is 0. The molecule has 1 aromatic heterocycles. The Labute approximate surface area is 98.2 Å². The zero-order chi connectivity index (χ0) is 11.4. The molecule has 0 aliphatic heterocycles. The average Bonchev–Trinajstić information content (AvgIpc) is 2.76. The van der Waals surface area contributed by atoms with Crippen molar-refractivity contribution in [3.05, 3.63) is 41.8 Å². The maximum absolute atomic E-state index is 5.78. The summed E-state index contributed by atoms with van der Waals surface area (Å²) in [6, 6.07) is 7.18. The summed E-state index contributed by atoms with van der Waals surface area (Å²) in [7, 11) is 0. The molecular weight excluding hydrogens is 228 g/mol. The first-order chi connectivity index (χ1) is 7.79. The van der Waals surface area contributed by atoms with Gasteiger partial charge in [-0.2, -0.15) is 0 Å². The Kier molecular flexibility index (Phi) is 3.54. The SMILES string of the molecule is CCO[CH]c1nnc(-c2ccc(Cl)cc2)o1. The molecule has 16 heavy (non-hydrogen) atoms. The van der Waals surface area contributed by atoms with E-state index in [0.717, 1.165) is 5.56 Å². The van der Waals surface area contributed by atoms with Crippen LogP contribution in [-0.4, -0.2) is 16.8 Å². The number of nitrogens with zero attached hydrogens (tertiary/aromatic N) is 2. The highest BCUT2D eigenvalue weighted by Crippen LogP contribution is 2.20. The minimum absolute atomic E-state index is 0.354. The van der Waals surface area contributed by atoms with Gasteiger partial charge in [0.2, 0.25) is 11.8 Å². The minimum Gasteiger partial charge on any atom is -0.418 e. The molecule has 0 N–H and O–H groups in total. The number of rotatable bonds is 4. The van der Waals surface area contributed by atoms with Gasteiger partial charge in [0.05, 0.1) is 0 Å². The van der Waals surface area contributed by atoms with Crippen LogP contribution in [0, 0.1) is 6.61 Å². The first-order valence-electron chi connectivity index (χ1n) is 4.84. The van der Waals surface area contributed by atoms with Crippen LogP contribution in [0.1, 0.15) is 12.8 Å². The smallest absolute Gasteiger partial charge is 0.248 e. The van der Waals surface area contributed by atoms with Crippen molar-refractivity contribution >= 4 is 11.6 Å². The monoisotopic (exact) mass is 237 g/mol. The molecule has 0 saturated heterocycles. The van der Waals surface area contributed by atoms with Gasteiger partial charge >= 0.3 is 0 Å². The van der Waals surface area contributed by atoms with Gasteiger partial charge in [-0.15, -0.1) is 10.2 Å². The maximum atomic E-state index is 5.78. The fourth-order valence-electron chi connectivity index (χ4n) is 1.15. The van der Waals surface area contributed by atoms with Crippen LogP contribution >= 0.6 is 11.6 Å². The summed E-state index contributed by atoms with van der Waals surface area (Å²) >= 11 is 5.78. The topological polar surface area (TPSA) is 48.2 Å². The largest absolute Gasteiger partial charge is 0.418 e. The van der Waals surface area contributed by atoms with E-state index in [4.69, 9.17) is 20.8 Å². The maximum Gasteiger partial charge on any atom is 0.248 e. The lowest BCUT2D eigenvalue weighted by Gasteiger charge is -1.94. The third-order valence-electron chi connectivity index (χ3n) is 1.88. The molecule has 0 saturated carbocycles.